The predicted octanol–water partition coefficient (Wildman–Crippen LogP) is 2.45. The Kier molecular flexibility index (Phi) is 4.79. The van der Waals surface area contributed by atoms with E-state index in [2.05, 4.69) is 12.2 Å². The van der Waals surface area contributed by atoms with Gasteiger partial charge in [-0.05, 0) is 44.4 Å². The zero-order chi connectivity index (χ0) is 15.4. The molecule has 0 unspecified atom stereocenters. The van der Waals surface area contributed by atoms with Gasteiger partial charge in [0.2, 0.25) is 0 Å². The molecule has 0 radical (unpaired) electrons. The van der Waals surface area contributed by atoms with Gasteiger partial charge in [0, 0.05) is 31.3 Å². The normalized spacial score (nSPS) is 24.4. The van der Waals surface area contributed by atoms with Gasteiger partial charge < -0.3 is 15.0 Å². The number of hydrogen-bond donors (Lipinski definition) is 1. The maximum atomic E-state index is 12.5. The molecule has 2 aliphatic heterocycles. The molecule has 2 saturated heterocycles. The molecule has 2 aliphatic rings. The number of carbonyl (C=O) groups is 1. The fourth-order valence-electron chi connectivity index (χ4n) is 3.72. The lowest BCUT2D eigenvalue weighted by molar-refractivity contribution is -0.115. The van der Waals surface area contributed by atoms with E-state index in [-0.39, 0.29) is 11.5 Å². The van der Waals surface area contributed by atoms with E-state index in [9.17, 15) is 4.79 Å². The minimum Gasteiger partial charge on any atom is -0.375 e. The first-order chi connectivity index (χ1) is 10.7. The van der Waals surface area contributed by atoms with Crippen LogP contribution in [0.5, 0.6) is 0 Å². The van der Waals surface area contributed by atoms with E-state index < -0.39 is 0 Å². The van der Waals surface area contributed by atoms with Gasteiger partial charge >= 0.3 is 0 Å². The fraction of sp³-hybridized carbons (Fsp3) is 0.611. The van der Waals surface area contributed by atoms with Crippen molar-refractivity contribution in [2.45, 2.75) is 44.2 Å². The van der Waals surface area contributed by atoms with Gasteiger partial charge in [-0.25, -0.2) is 0 Å². The van der Waals surface area contributed by atoms with Gasteiger partial charge in [-0.3, -0.25) is 4.79 Å². The SMILES string of the molecule is CCN[C@@H]1CCOC2(CCN(C(=O)c3ccccc3)CC2)C1. The first-order valence-corrected chi connectivity index (χ1v) is 8.44. The van der Waals surface area contributed by atoms with Crippen LogP contribution in [0.15, 0.2) is 30.3 Å². The number of hydrogen-bond acceptors (Lipinski definition) is 3. The molecule has 1 spiro atoms. The van der Waals surface area contributed by atoms with Crippen LogP contribution in [-0.4, -0.2) is 48.7 Å². The van der Waals surface area contributed by atoms with E-state index in [1.807, 2.05) is 35.2 Å². The molecule has 0 aromatic heterocycles. The van der Waals surface area contributed by atoms with Crippen molar-refractivity contribution < 1.29 is 9.53 Å². The Morgan fingerprint density at radius 2 is 2.05 bits per heavy atom. The van der Waals surface area contributed by atoms with Crippen molar-refractivity contribution >= 4 is 5.91 Å². The first kappa shape index (κ1) is 15.5. The molecular formula is C18H26N2O2. The highest BCUT2D eigenvalue weighted by molar-refractivity contribution is 5.94. The van der Waals surface area contributed by atoms with Crippen molar-refractivity contribution in [1.82, 2.24) is 10.2 Å². The molecule has 120 valence electrons. The Morgan fingerprint density at radius 1 is 1.32 bits per heavy atom. The standard InChI is InChI=1S/C18H26N2O2/c1-2-19-16-8-13-22-18(14-16)9-11-20(12-10-18)17(21)15-6-4-3-5-7-15/h3-7,16,19H,2,8-14H2,1H3/t16-/m1/s1. The molecule has 2 heterocycles. The van der Waals surface area contributed by atoms with Crippen LogP contribution in [0, 0.1) is 0 Å². The minimum absolute atomic E-state index is 0.0153. The monoisotopic (exact) mass is 302 g/mol. The summed E-state index contributed by atoms with van der Waals surface area (Å²) in [7, 11) is 0. The summed E-state index contributed by atoms with van der Waals surface area (Å²) >= 11 is 0. The van der Waals surface area contributed by atoms with Gasteiger partial charge in [-0.15, -0.1) is 0 Å². The number of amides is 1. The van der Waals surface area contributed by atoms with Gasteiger partial charge in [-0.1, -0.05) is 25.1 Å². The van der Waals surface area contributed by atoms with Crippen LogP contribution in [-0.2, 0) is 4.74 Å². The molecule has 1 N–H and O–H groups in total. The topological polar surface area (TPSA) is 41.6 Å². The van der Waals surface area contributed by atoms with Gasteiger partial charge in [0.05, 0.1) is 5.60 Å². The number of piperidine rings is 1. The number of ether oxygens (including phenoxy) is 1. The van der Waals surface area contributed by atoms with Crippen molar-refractivity contribution in [2.75, 3.05) is 26.2 Å². The van der Waals surface area contributed by atoms with Gasteiger partial charge in [0.1, 0.15) is 0 Å². The number of nitrogens with zero attached hydrogens (tertiary/aromatic N) is 1. The molecule has 0 bridgehead atoms. The lowest BCUT2D eigenvalue weighted by atomic mass is 9.82. The summed E-state index contributed by atoms with van der Waals surface area (Å²) in [5, 5.41) is 3.56. The molecular weight excluding hydrogens is 276 g/mol. The Morgan fingerprint density at radius 3 is 2.73 bits per heavy atom. The third kappa shape index (κ3) is 3.33. The summed E-state index contributed by atoms with van der Waals surface area (Å²) in [6.45, 7) is 5.60. The highest BCUT2D eigenvalue weighted by atomic mass is 16.5. The number of nitrogens with one attached hydrogen (secondary N) is 1. The third-order valence-electron chi connectivity index (χ3n) is 4.97. The molecule has 4 nitrogen and oxygen atoms in total. The summed E-state index contributed by atoms with van der Waals surface area (Å²) in [4.78, 5) is 14.5. The molecule has 22 heavy (non-hydrogen) atoms. The van der Waals surface area contributed by atoms with E-state index in [0.29, 0.717) is 6.04 Å². The summed E-state index contributed by atoms with van der Waals surface area (Å²) in [5.41, 5.74) is 0.770. The number of benzene rings is 1. The molecule has 1 amide bonds. The van der Waals surface area contributed by atoms with Crippen molar-refractivity contribution in [3.05, 3.63) is 35.9 Å². The average Bonchev–Trinajstić information content (AvgIpc) is 2.56. The Bertz CT molecular complexity index is 493. The second-order valence-electron chi connectivity index (χ2n) is 6.44. The first-order valence-electron chi connectivity index (χ1n) is 8.44. The maximum Gasteiger partial charge on any atom is 0.253 e. The van der Waals surface area contributed by atoms with Crippen LogP contribution >= 0.6 is 0 Å². The van der Waals surface area contributed by atoms with Crippen LogP contribution in [0.25, 0.3) is 0 Å². The molecule has 1 aromatic rings. The summed E-state index contributed by atoms with van der Waals surface area (Å²) in [6, 6.07) is 10.1. The third-order valence-corrected chi connectivity index (χ3v) is 4.97. The highest BCUT2D eigenvalue weighted by Crippen LogP contribution is 2.35. The highest BCUT2D eigenvalue weighted by Gasteiger charge is 2.40. The predicted molar refractivity (Wildman–Crippen MR) is 87.0 cm³/mol. The zero-order valence-corrected chi connectivity index (χ0v) is 13.4. The second kappa shape index (κ2) is 6.80. The van der Waals surface area contributed by atoms with Crippen molar-refractivity contribution in [3.8, 4) is 0 Å². The van der Waals surface area contributed by atoms with E-state index in [0.717, 1.165) is 57.5 Å². The molecule has 0 saturated carbocycles. The Labute approximate surface area is 132 Å². The van der Waals surface area contributed by atoms with Crippen LogP contribution in [0.1, 0.15) is 43.0 Å². The van der Waals surface area contributed by atoms with Crippen LogP contribution in [0.4, 0.5) is 0 Å². The van der Waals surface area contributed by atoms with Crippen LogP contribution in [0.2, 0.25) is 0 Å². The summed E-state index contributed by atoms with van der Waals surface area (Å²) < 4.78 is 6.14. The maximum absolute atomic E-state index is 12.5. The van der Waals surface area contributed by atoms with Crippen LogP contribution in [0.3, 0.4) is 0 Å². The lowest BCUT2D eigenvalue weighted by Gasteiger charge is -2.46. The fourth-order valence-corrected chi connectivity index (χ4v) is 3.72. The van der Waals surface area contributed by atoms with E-state index in [4.69, 9.17) is 4.74 Å². The summed E-state index contributed by atoms with van der Waals surface area (Å²) in [5.74, 6) is 0.148. The van der Waals surface area contributed by atoms with E-state index in [1.165, 1.54) is 0 Å². The average molecular weight is 302 g/mol. The van der Waals surface area contributed by atoms with Gasteiger partial charge in [-0.2, -0.15) is 0 Å². The van der Waals surface area contributed by atoms with Gasteiger partial charge in [0.25, 0.3) is 5.91 Å². The van der Waals surface area contributed by atoms with Crippen molar-refractivity contribution in [3.63, 3.8) is 0 Å². The summed E-state index contributed by atoms with van der Waals surface area (Å²) in [6.07, 6.45) is 4.08. The second-order valence-corrected chi connectivity index (χ2v) is 6.44. The van der Waals surface area contributed by atoms with Crippen molar-refractivity contribution in [1.29, 1.82) is 0 Å². The van der Waals surface area contributed by atoms with Crippen LogP contribution < -0.4 is 5.32 Å². The zero-order valence-electron chi connectivity index (χ0n) is 13.4. The smallest absolute Gasteiger partial charge is 0.253 e. The Balaban J connectivity index is 1.59. The quantitative estimate of drug-likeness (QED) is 0.932. The molecule has 2 fully saturated rings. The minimum atomic E-state index is -0.0153. The molecule has 0 aliphatic carbocycles. The van der Waals surface area contributed by atoms with Gasteiger partial charge in [0.15, 0.2) is 0 Å². The molecule has 3 rings (SSSR count). The molecule has 4 heteroatoms. The van der Waals surface area contributed by atoms with E-state index in [1.54, 1.807) is 0 Å². The Hall–Kier alpha value is -1.39. The largest absolute Gasteiger partial charge is 0.375 e. The van der Waals surface area contributed by atoms with E-state index >= 15 is 0 Å². The molecule has 1 atom stereocenters. The number of rotatable bonds is 3. The number of likely N-dealkylation sites (tertiary alicyclic amines) is 1. The lowest BCUT2D eigenvalue weighted by Crippen LogP contribution is -2.53. The molecule has 1 aromatic carbocycles. The number of carbonyl (C=O) groups excluding carboxylic acids is 1. The van der Waals surface area contributed by atoms with Crippen molar-refractivity contribution in [2.24, 2.45) is 0 Å².